The van der Waals surface area contributed by atoms with Gasteiger partial charge in [0, 0.05) is 80.4 Å². The monoisotopic (exact) mass is 846 g/mol. The second-order valence-corrected chi connectivity index (χ2v) is 16.5. The van der Waals surface area contributed by atoms with E-state index in [1.165, 1.54) is 0 Å². The summed E-state index contributed by atoms with van der Waals surface area (Å²) < 4.78 is 0. The van der Waals surface area contributed by atoms with Crippen molar-refractivity contribution in [1.29, 1.82) is 0 Å². The molecule has 0 radical (unpaired) electrons. The highest BCUT2D eigenvalue weighted by molar-refractivity contribution is 5.74. The quantitative estimate of drug-likeness (QED) is 0.0770. The number of carboxylic acid groups (broad SMARTS) is 8. The second-order valence-electron chi connectivity index (χ2n) is 16.5. The van der Waals surface area contributed by atoms with Crippen molar-refractivity contribution < 1.29 is 79.2 Å². The average molecular weight is 847 g/mol. The Kier molecular flexibility index (Phi) is 15.2. The number of hydrogen-bond donors (Lipinski definition) is 12. The molecule has 5 aliphatic rings. The lowest BCUT2D eigenvalue weighted by molar-refractivity contribution is -0.139. The van der Waals surface area contributed by atoms with Crippen molar-refractivity contribution in [2.75, 3.05) is 0 Å². The van der Waals surface area contributed by atoms with Gasteiger partial charge in [-0.15, -0.1) is 0 Å². The zero-order valence-corrected chi connectivity index (χ0v) is 32.9. The maximum Gasteiger partial charge on any atom is 0.307 e. The van der Waals surface area contributed by atoms with Crippen molar-refractivity contribution in [3.63, 3.8) is 0 Å². The summed E-state index contributed by atoms with van der Waals surface area (Å²) >= 11 is 0. The zero-order valence-electron chi connectivity index (χ0n) is 32.9. The van der Waals surface area contributed by atoms with Crippen LogP contribution in [0.1, 0.15) is 103 Å². The SMILES string of the molecule is O=C(O)CCC1=C(CC(=O)O)C2CC3NC(CC4NC(CC5NC(CC1N2)C(CC(=O)O)=C5CCC(=O)O)C(CC(=O)O)C4CCC(=O)O)C(CC(=O)O)=C3CCC(=O)O. The van der Waals surface area contributed by atoms with Gasteiger partial charge in [-0.1, -0.05) is 16.7 Å². The maximum atomic E-state index is 12.4. The first-order valence-electron chi connectivity index (χ1n) is 20.2. The normalized spacial score (nSPS) is 30.1. The topological polar surface area (TPSA) is 347 Å². The Hall–Kier alpha value is -5.18. The minimum atomic E-state index is -1.20. The van der Waals surface area contributed by atoms with E-state index < -0.39 is 127 Å². The predicted molar refractivity (Wildman–Crippen MR) is 206 cm³/mol. The average Bonchev–Trinajstić information content (AvgIpc) is 3.81. The Bertz CT molecular complexity index is 1860. The Morgan fingerprint density at radius 3 is 1.02 bits per heavy atom. The van der Waals surface area contributed by atoms with Crippen LogP contribution >= 0.6 is 0 Å². The van der Waals surface area contributed by atoms with Crippen LogP contribution in [-0.2, 0) is 38.4 Å². The van der Waals surface area contributed by atoms with E-state index >= 15 is 0 Å². The molecule has 20 heteroatoms. The Morgan fingerprint density at radius 2 is 0.683 bits per heavy atom. The lowest BCUT2D eigenvalue weighted by Crippen LogP contribution is -2.46. The molecular formula is C40H54N4O16. The minimum absolute atomic E-state index is 0.0445. The first kappa shape index (κ1) is 45.9. The van der Waals surface area contributed by atoms with Crippen LogP contribution in [0.15, 0.2) is 33.4 Å². The molecule has 12 N–H and O–H groups in total. The maximum absolute atomic E-state index is 12.4. The van der Waals surface area contributed by atoms with Gasteiger partial charge in [-0.3, -0.25) is 38.4 Å². The molecule has 0 spiro atoms. The highest BCUT2D eigenvalue weighted by atomic mass is 16.4. The lowest BCUT2D eigenvalue weighted by Gasteiger charge is -2.28. The summed E-state index contributed by atoms with van der Waals surface area (Å²) in [5.74, 6) is -10.5. The fourth-order valence-electron chi connectivity index (χ4n) is 10.6. The molecular weight excluding hydrogens is 792 g/mol. The third-order valence-electron chi connectivity index (χ3n) is 12.9. The summed E-state index contributed by atoms with van der Waals surface area (Å²) in [5, 5.41) is 93.4. The Morgan fingerprint density at radius 1 is 0.367 bits per heavy atom. The second kappa shape index (κ2) is 19.9. The first-order chi connectivity index (χ1) is 28.3. The molecule has 10 unspecified atom stereocenters. The van der Waals surface area contributed by atoms with Crippen LogP contribution in [0.4, 0.5) is 0 Å². The molecule has 5 rings (SSSR count). The molecule has 5 aliphatic heterocycles. The standard InChI is InChI=1S/C40H54N4O16/c45-33(46)5-1-17-21(9-37(53)54)29-14-26-19(3-7-35(49)50)23(11-39(57)58)31(43-26)16-28-20(4-8-36(51)52)24(12-40(59)60)32(44-28)15-27-18(2-6-34(47)48)22(10-38(55)56)30(42-27)13-25(17)41-29/h17,21,25-32,41-44H,1-16H2,(H,45,46)(H,47,48)(H,49,50)(H,51,52)(H,53,54)(H,55,56)(H,57,58)(H,59,60). The minimum Gasteiger partial charge on any atom is -0.481 e. The number of rotatable bonds is 20. The molecule has 0 aromatic rings. The number of fused-ring (bicyclic) bond motifs is 8. The van der Waals surface area contributed by atoms with E-state index in [2.05, 4.69) is 21.3 Å². The van der Waals surface area contributed by atoms with Gasteiger partial charge in [0.2, 0.25) is 0 Å². The smallest absolute Gasteiger partial charge is 0.307 e. The molecule has 60 heavy (non-hydrogen) atoms. The largest absolute Gasteiger partial charge is 0.481 e. The van der Waals surface area contributed by atoms with Gasteiger partial charge in [0.1, 0.15) is 0 Å². The van der Waals surface area contributed by atoms with E-state index in [0.717, 1.165) is 0 Å². The number of nitrogens with one attached hydrogen (secondary N) is 4. The molecule has 0 aliphatic carbocycles. The van der Waals surface area contributed by atoms with Crippen LogP contribution in [0.5, 0.6) is 0 Å². The molecule has 330 valence electrons. The summed E-state index contributed by atoms with van der Waals surface area (Å²) in [6.07, 6.45) is -2.79. The van der Waals surface area contributed by atoms with Gasteiger partial charge >= 0.3 is 47.8 Å². The van der Waals surface area contributed by atoms with Crippen LogP contribution in [0.25, 0.3) is 0 Å². The molecule has 0 saturated carbocycles. The lowest BCUT2D eigenvalue weighted by atomic mass is 9.77. The van der Waals surface area contributed by atoms with E-state index in [1.807, 2.05) is 0 Å². The molecule has 10 atom stereocenters. The molecule has 2 fully saturated rings. The third kappa shape index (κ3) is 11.5. The number of hydrogen-bond acceptors (Lipinski definition) is 12. The van der Waals surface area contributed by atoms with Gasteiger partial charge in [-0.25, -0.2) is 0 Å². The van der Waals surface area contributed by atoms with E-state index in [0.29, 0.717) is 33.4 Å². The van der Waals surface area contributed by atoms with Crippen molar-refractivity contribution in [2.45, 2.75) is 151 Å². The van der Waals surface area contributed by atoms with Gasteiger partial charge in [0.15, 0.2) is 0 Å². The van der Waals surface area contributed by atoms with Crippen molar-refractivity contribution in [1.82, 2.24) is 21.3 Å². The summed E-state index contributed by atoms with van der Waals surface area (Å²) in [4.78, 5) is 97.3. The first-order valence-corrected chi connectivity index (χ1v) is 20.2. The molecule has 20 nitrogen and oxygen atoms in total. The Balaban J connectivity index is 1.71. The summed E-state index contributed by atoms with van der Waals surface area (Å²) in [6.45, 7) is 0. The van der Waals surface area contributed by atoms with Gasteiger partial charge < -0.3 is 62.1 Å². The fraction of sp³-hybridized carbons (Fsp3) is 0.650. The highest BCUT2D eigenvalue weighted by Gasteiger charge is 2.49. The molecule has 5 heterocycles. The van der Waals surface area contributed by atoms with E-state index in [9.17, 15) is 79.2 Å². The highest BCUT2D eigenvalue weighted by Crippen LogP contribution is 2.44. The van der Waals surface area contributed by atoms with Crippen molar-refractivity contribution in [2.24, 2.45) is 11.8 Å². The zero-order chi connectivity index (χ0) is 44.0. The Labute approximate surface area is 344 Å². The number of aliphatic carboxylic acids is 8. The van der Waals surface area contributed by atoms with Gasteiger partial charge in [0.25, 0.3) is 0 Å². The number of carbonyl (C=O) groups is 8. The van der Waals surface area contributed by atoms with Crippen LogP contribution in [0, 0.1) is 11.8 Å². The summed E-state index contributed by atoms with van der Waals surface area (Å²) in [5.41, 5.74) is 2.75. The number of carboxylic acids is 8. The van der Waals surface area contributed by atoms with Crippen molar-refractivity contribution >= 4 is 47.8 Å². The molecule has 8 bridgehead atoms. The molecule has 0 aromatic heterocycles. The molecule has 2 saturated heterocycles. The van der Waals surface area contributed by atoms with Crippen LogP contribution in [-0.4, -0.2) is 137 Å². The summed E-state index contributed by atoms with van der Waals surface area (Å²) in [7, 11) is 0. The molecule has 0 aromatic carbocycles. The molecule has 0 amide bonds. The van der Waals surface area contributed by atoms with Gasteiger partial charge in [-0.2, -0.15) is 0 Å². The van der Waals surface area contributed by atoms with Crippen LogP contribution in [0.3, 0.4) is 0 Å². The van der Waals surface area contributed by atoms with E-state index in [-0.39, 0.29) is 83.5 Å². The van der Waals surface area contributed by atoms with Crippen molar-refractivity contribution in [3.05, 3.63) is 33.4 Å². The fourth-order valence-corrected chi connectivity index (χ4v) is 10.6. The van der Waals surface area contributed by atoms with Crippen LogP contribution in [0.2, 0.25) is 0 Å². The predicted octanol–water partition coefficient (Wildman–Crippen LogP) is 1.40. The summed E-state index contributed by atoms with van der Waals surface area (Å²) in [6, 6.07) is -5.47. The van der Waals surface area contributed by atoms with Gasteiger partial charge in [0.05, 0.1) is 19.3 Å². The van der Waals surface area contributed by atoms with Gasteiger partial charge in [-0.05, 0) is 79.9 Å². The van der Waals surface area contributed by atoms with E-state index in [4.69, 9.17) is 0 Å². The van der Waals surface area contributed by atoms with Crippen LogP contribution < -0.4 is 21.3 Å². The van der Waals surface area contributed by atoms with E-state index in [1.54, 1.807) is 0 Å². The van der Waals surface area contributed by atoms with Crippen molar-refractivity contribution in [3.8, 4) is 0 Å². The third-order valence-corrected chi connectivity index (χ3v) is 12.9.